The number of nitrogens with one attached hydrogen (secondary N) is 1. The number of benzene rings is 2. The molecule has 0 spiro atoms. The molecule has 0 atom stereocenters. The number of aromatic amines is 1. The Labute approximate surface area is 194 Å². The summed E-state index contributed by atoms with van der Waals surface area (Å²) in [6, 6.07) is 14.1. The Bertz CT molecular complexity index is 1450. The third-order valence-corrected chi connectivity index (χ3v) is 5.55. The van der Waals surface area contributed by atoms with Gasteiger partial charge in [0, 0.05) is 12.6 Å². The third kappa shape index (κ3) is 4.61. The number of H-pyrrole nitrogens is 1. The van der Waals surface area contributed by atoms with Gasteiger partial charge in [-0.1, -0.05) is 49.7 Å². The predicted octanol–water partition coefficient (Wildman–Crippen LogP) is 3.53. The molecule has 4 rings (SSSR count). The lowest BCUT2D eigenvalue weighted by Crippen LogP contribution is -2.31. The molecule has 2 heterocycles. The van der Waals surface area contributed by atoms with Crippen LogP contribution in [0.5, 0.6) is 5.75 Å². The van der Waals surface area contributed by atoms with E-state index in [-0.39, 0.29) is 35.8 Å². The van der Waals surface area contributed by atoms with Crippen LogP contribution in [0, 0.1) is 17.0 Å². The Morgan fingerprint density at radius 1 is 1.12 bits per heavy atom. The highest BCUT2D eigenvalue weighted by Crippen LogP contribution is 2.28. The molecule has 10 nitrogen and oxygen atoms in total. The van der Waals surface area contributed by atoms with Crippen molar-refractivity contribution in [3.05, 3.63) is 96.4 Å². The van der Waals surface area contributed by atoms with Crippen molar-refractivity contribution in [1.29, 1.82) is 0 Å². The summed E-state index contributed by atoms with van der Waals surface area (Å²) in [6.45, 7) is 4.43. The number of imidazole rings is 1. The third-order valence-electron chi connectivity index (χ3n) is 5.55. The molecule has 0 saturated heterocycles. The fourth-order valence-electron chi connectivity index (χ4n) is 3.83. The van der Waals surface area contributed by atoms with Gasteiger partial charge in [0.05, 0.1) is 11.5 Å². The summed E-state index contributed by atoms with van der Waals surface area (Å²) in [5, 5.41) is 11.5. The van der Waals surface area contributed by atoms with Crippen molar-refractivity contribution in [3.8, 4) is 5.75 Å². The Balaban J connectivity index is 1.79. The van der Waals surface area contributed by atoms with E-state index in [2.05, 4.69) is 9.97 Å². The van der Waals surface area contributed by atoms with Crippen LogP contribution in [0.1, 0.15) is 36.7 Å². The molecule has 1 N–H and O–H groups in total. The maximum Gasteiger partial charge on any atom is 0.330 e. The molecule has 0 aliphatic rings. The molecule has 2 aromatic carbocycles. The van der Waals surface area contributed by atoms with Crippen LogP contribution in [-0.4, -0.2) is 24.0 Å². The summed E-state index contributed by atoms with van der Waals surface area (Å²) in [6.07, 6.45) is 1.66. The molecule has 0 aliphatic heterocycles. The molecular formula is C24H25N5O5. The maximum atomic E-state index is 12.8. The van der Waals surface area contributed by atoms with E-state index in [0.717, 1.165) is 24.0 Å². The minimum Gasteiger partial charge on any atom is -0.479 e. The van der Waals surface area contributed by atoms with Gasteiger partial charge in [-0.25, -0.2) is 9.78 Å². The molecule has 0 aliphatic carbocycles. The summed E-state index contributed by atoms with van der Waals surface area (Å²) in [5.41, 5.74) is 0.935. The zero-order valence-electron chi connectivity index (χ0n) is 19.0. The molecule has 176 valence electrons. The lowest BCUT2D eigenvalue weighted by atomic mass is 10.2. The van der Waals surface area contributed by atoms with Gasteiger partial charge in [0.15, 0.2) is 16.9 Å². The number of nitro benzene ring substituents is 1. The van der Waals surface area contributed by atoms with Gasteiger partial charge in [0.1, 0.15) is 12.4 Å². The van der Waals surface area contributed by atoms with Crippen molar-refractivity contribution in [1.82, 2.24) is 19.1 Å². The van der Waals surface area contributed by atoms with Gasteiger partial charge in [-0.2, -0.15) is 0 Å². The molecule has 4 aromatic rings. The first-order valence-corrected chi connectivity index (χ1v) is 11.0. The van der Waals surface area contributed by atoms with Crippen LogP contribution in [0.25, 0.3) is 11.2 Å². The van der Waals surface area contributed by atoms with Crippen LogP contribution < -0.4 is 16.0 Å². The summed E-state index contributed by atoms with van der Waals surface area (Å²) < 4.78 is 8.95. The lowest BCUT2D eigenvalue weighted by Gasteiger charge is -2.10. The van der Waals surface area contributed by atoms with Gasteiger partial charge >= 0.3 is 11.4 Å². The Morgan fingerprint density at radius 2 is 1.88 bits per heavy atom. The van der Waals surface area contributed by atoms with Crippen LogP contribution in [-0.2, 0) is 19.7 Å². The predicted molar refractivity (Wildman–Crippen MR) is 127 cm³/mol. The van der Waals surface area contributed by atoms with E-state index in [0.29, 0.717) is 12.4 Å². The molecule has 0 radical (unpaired) electrons. The lowest BCUT2D eigenvalue weighted by molar-refractivity contribution is -0.386. The highest BCUT2D eigenvalue weighted by atomic mass is 16.6. The van der Waals surface area contributed by atoms with Crippen LogP contribution >= 0.6 is 0 Å². The Morgan fingerprint density at radius 3 is 2.59 bits per heavy atom. The second kappa shape index (κ2) is 9.74. The van der Waals surface area contributed by atoms with Crippen molar-refractivity contribution >= 4 is 16.9 Å². The monoisotopic (exact) mass is 463 g/mol. The van der Waals surface area contributed by atoms with Crippen molar-refractivity contribution in [2.75, 3.05) is 0 Å². The van der Waals surface area contributed by atoms with E-state index >= 15 is 0 Å². The molecule has 0 bridgehead atoms. The van der Waals surface area contributed by atoms with Gasteiger partial charge in [-0.15, -0.1) is 0 Å². The van der Waals surface area contributed by atoms with Gasteiger partial charge in [0.25, 0.3) is 5.56 Å². The van der Waals surface area contributed by atoms with Gasteiger partial charge in [-0.3, -0.25) is 24.5 Å². The van der Waals surface area contributed by atoms with Crippen LogP contribution in [0.4, 0.5) is 5.69 Å². The molecule has 0 fully saturated rings. The van der Waals surface area contributed by atoms with E-state index < -0.39 is 16.2 Å². The molecule has 0 saturated carbocycles. The van der Waals surface area contributed by atoms with E-state index in [1.165, 1.54) is 10.6 Å². The normalized spacial score (nSPS) is 11.1. The van der Waals surface area contributed by atoms with Crippen LogP contribution in [0.2, 0.25) is 0 Å². The molecule has 0 amide bonds. The number of fused-ring (bicyclic) bond motifs is 1. The number of ether oxygens (including phenoxy) is 1. The smallest absolute Gasteiger partial charge is 0.330 e. The zero-order valence-corrected chi connectivity index (χ0v) is 19.0. The summed E-state index contributed by atoms with van der Waals surface area (Å²) in [7, 11) is 0. The Hall–Kier alpha value is -4.21. The van der Waals surface area contributed by atoms with Crippen molar-refractivity contribution in [2.24, 2.45) is 0 Å². The molecule has 2 aromatic heterocycles. The first-order valence-electron chi connectivity index (χ1n) is 11.0. The molecular weight excluding hydrogens is 438 g/mol. The number of nitrogens with zero attached hydrogens (tertiary/aromatic N) is 4. The van der Waals surface area contributed by atoms with Crippen molar-refractivity contribution in [2.45, 2.75) is 46.4 Å². The summed E-state index contributed by atoms with van der Waals surface area (Å²) >= 11 is 0. The highest BCUT2D eigenvalue weighted by molar-refractivity contribution is 5.71. The number of hydrogen-bond acceptors (Lipinski definition) is 6. The fourth-order valence-corrected chi connectivity index (χ4v) is 3.83. The second-order valence-electron chi connectivity index (χ2n) is 8.05. The summed E-state index contributed by atoms with van der Waals surface area (Å²) in [4.78, 5) is 43.4. The van der Waals surface area contributed by atoms with Crippen molar-refractivity contribution in [3.63, 3.8) is 0 Å². The number of unbranched alkanes of at least 4 members (excludes halogenated alkanes) is 1. The SMILES string of the molecule is CCCCn1c(COc2ccc(C)cc2[N+](=O)[O-])nc2c1c(=O)[nH]c(=O)n2Cc1ccccc1. The van der Waals surface area contributed by atoms with Gasteiger partial charge in [-0.05, 0) is 30.5 Å². The fraction of sp³-hybridized carbons (Fsp3) is 0.292. The van der Waals surface area contributed by atoms with E-state index in [4.69, 9.17) is 4.74 Å². The molecule has 34 heavy (non-hydrogen) atoms. The van der Waals surface area contributed by atoms with Crippen LogP contribution in [0.3, 0.4) is 0 Å². The first kappa shape index (κ1) is 23.0. The highest BCUT2D eigenvalue weighted by Gasteiger charge is 2.21. The summed E-state index contributed by atoms with van der Waals surface area (Å²) in [5.74, 6) is 0.525. The van der Waals surface area contributed by atoms with Gasteiger partial charge in [0.2, 0.25) is 0 Å². The first-order chi connectivity index (χ1) is 16.4. The van der Waals surface area contributed by atoms with Gasteiger partial charge < -0.3 is 9.30 Å². The zero-order chi connectivity index (χ0) is 24.2. The number of rotatable bonds is 9. The average molecular weight is 463 g/mol. The minimum atomic E-state index is -0.553. The maximum absolute atomic E-state index is 12.8. The largest absolute Gasteiger partial charge is 0.479 e. The minimum absolute atomic E-state index is 0.0960. The Kier molecular flexibility index (Phi) is 6.58. The van der Waals surface area contributed by atoms with E-state index in [1.54, 1.807) is 23.6 Å². The quantitative estimate of drug-likeness (QED) is 0.299. The molecule has 0 unspecified atom stereocenters. The average Bonchev–Trinajstić information content (AvgIpc) is 3.18. The van der Waals surface area contributed by atoms with E-state index in [1.807, 2.05) is 37.3 Å². The standard InChI is InChI=1S/C24H25N5O5/c1-3-4-12-27-20(15-34-19-11-10-16(2)13-18(19)29(32)33)25-22-21(27)23(30)26-24(31)28(22)14-17-8-6-5-7-9-17/h5-11,13H,3-4,12,14-15H2,1-2H3,(H,26,30,31). The van der Waals surface area contributed by atoms with E-state index in [9.17, 15) is 19.7 Å². The topological polar surface area (TPSA) is 125 Å². The number of hydrogen-bond donors (Lipinski definition) is 1. The number of aromatic nitrogens is 4. The van der Waals surface area contributed by atoms with Crippen molar-refractivity contribution < 1.29 is 9.66 Å². The second-order valence-corrected chi connectivity index (χ2v) is 8.05. The number of aryl methyl sites for hydroxylation is 2. The molecule has 10 heteroatoms. The number of nitro groups is 1. The van der Waals surface area contributed by atoms with Crippen LogP contribution in [0.15, 0.2) is 58.1 Å².